The van der Waals surface area contributed by atoms with Crippen molar-refractivity contribution < 1.29 is 4.79 Å². The molecule has 0 bridgehead atoms. The van der Waals surface area contributed by atoms with Gasteiger partial charge in [0, 0.05) is 25.6 Å². The van der Waals surface area contributed by atoms with Gasteiger partial charge in [-0.1, -0.05) is 33.6 Å². The van der Waals surface area contributed by atoms with Crippen LogP contribution >= 0.6 is 0 Å². The zero-order chi connectivity index (χ0) is 13.4. The third-order valence-electron chi connectivity index (χ3n) is 3.78. The molecule has 1 heterocycles. The molecule has 3 heteroatoms. The van der Waals surface area contributed by atoms with Crippen molar-refractivity contribution in [3.63, 3.8) is 0 Å². The molecule has 1 saturated heterocycles. The summed E-state index contributed by atoms with van der Waals surface area (Å²) in [5.74, 6) is 1.22. The average molecular weight is 254 g/mol. The summed E-state index contributed by atoms with van der Waals surface area (Å²) in [6.07, 6.45) is 6.71. The van der Waals surface area contributed by atoms with Crippen LogP contribution in [0.2, 0.25) is 0 Å². The van der Waals surface area contributed by atoms with Gasteiger partial charge in [-0.25, -0.2) is 0 Å². The number of nitrogens with zero attached hydrogens (tertiary/aromatic N) is 1. The van der Waals surface area contributed by atoms with Crippen LogP contribution in [0.1, 0.15) is 59.3 Å². The predicted molar refractivity (Wildman–Crippen MR) is 76.6 cm³/mol. The third kappa shape index (κ3) is 5.85. The number of nitrogens with one attached hydrogen (secondary N) is 1. The number of piperidine rings is 1. The summed E-state index contributed by atoms with van der Waals surface area (Å²) in [5.41, 5.74) is 0. The number of likely N-dealkylation sites (tertiary alicyclic amines) is 1. The van der Waals surface area contributed by atoms with E-state index in [1.54, 1.807) is 0 Å². The van der Waals surface area contributed by atoms with Gasteiger partial charge in [-0.15, -0.1) is 0 Å². The molecule has 106 valence electrons. The van der Waals surface area contributed by atoms with Crippen molar-refractivity contribution >= 4 is 5.91 Å². The van der Waals surface area contributed by atoms with Crippen molar-refractivity contribution in [1.29, 1.82) is 0 Å². The van der Waals surface area contributed by atoms with E-state index in [0.29, 0.717) is 18.4 Å². The van der Waals surface area contributed by atoms with Gasteiger partial charge in [0.25, 0.3) is 0 Å². The largest absolute Gasteiger partial charge is 0.343 e. The zero-order valence-electron chi connectivity index (χ0n) is 12.4. The maximum absolute atomic E-state index is 12.0. The Bertz CT molecular complexity index is 233. The second-order valence-corrected chi connectivity index (χ2v) is 5.83. The Labute approximate surface area is 112 Å². The lowest BCUT2D eigenvalue weighted by Gasteiger charge is -2.32. The van der Waals surface area contributed by atoms with Crippen LogP contribution in [0.5, 0.6) is 0 Å². The summed E-state index contributed by atoms with van der Waals surface area (Å²) >= 11 is 0. The number of rotatable bonds is 7. The molecule has 1 rings (SSSR count). The molecule has 0 unspecified atom stereocenters. The van der Waals surface area contributed by atoms with Crippen molar-refractivity contribution in [2.45, 2.75) is 65.3 Å². The second kappa shape index (κ2) is 8.52. The molecule has 0 saturated carbocycles. The molecule has 0 aromatic carbocycles. The fraction of sp³-hybridized carbons (Fsp3) is 0.933. The quantitative estimate of drug-likeness (QED) is 0.709. The summed E-state index contributed by atoms with van der Waals surface area (Å²) in [6.45, 7) is 9.46. The van der Waals surface area contributed by atoms with Crippen LogP contribution in [-0.2, 0) is 4.79 Å². The van der Waals surface area contributed by atoms with Crippen LogP contribution in [0.15, 0.2) is 0 Å². The van der Waals surface area contributed by atoms with Crippen molar-refractivity contribution in [3.05, 3.63) is 0 Å². The van der Waals surface area contributed by atoms with Crippen molar-refractivity contribution in [1.82, 2.24) is 10.2 Å². The number of carbonyl (C=O) groups is 1. The van der Waals surface area contributed by atoms with E-state index < -0.39 is 0 Å². The maximum atomic E-state index is 12.0. The fourth-order valence-corrected chi connectivity index (χ4v) is 2.67. The summed E-state index contributed by atoms with van der Waals surface area (Å²) in [6, 6.07) is 0.518. The van der Waals surface area contributed by atoms with Gasteiger partial charge in [0.05, 0.1) is 0 Å². The van der Waals surface area contributed by atoms with E-state index >= 15 is 0 Å². The van der Waals surface area contributed by atoms with E-state index in [-0.39, 0.29) is 0 Å². The molecule has 1 aliphatic heterocycles. The first-order valence-electron chi connectivity index (χ1n) is 7.64. The number of hydrogen-bond donors (Lipinski definition) is 1. The van der Waals surface area contributed by atoms with Gasteiger partial charge in [0.15, 0.2) is 0 Å². The van der Waals surface area contributed by atoms with E-state index in [2.05, 4.69) is 31.0 Å². The molecule has 0 aromatic rings. The maximum Gasteiger partial charge on any atom is 0.222 e. The molecule has 0 spiro atoms. The van der Waals surface area contributed by atoms with Crippen LogP contribution in [0.25, 0.3) is 0 Å². The third-order valence-corrected chi connectivity index (χ3v) is 3.78. The molecule has 3 nitrogen and oxygen atoms in total. The highest BCUT2D eigenvalue weighted by Gasteiger charge is 2.21. The number of amides is 1. The molecular weight excluding hydrogens is 224 g/mol. The summed E-state index contributed by atoms with van der Waals surface area (Å²) in [5, 5.41) is 3.36. The fourth-order valence-electron chi connectivity index (χ4n) is 2.67. The summed E-state index contributed by atoms with van der Waals surface area (Å²) in [7, 11) is 0. The molecule has 0 radical (unpaired) electrons. The molecule has 0 aliphatic carbocycles. The molecule has 0 atom stereocenters. The van der Waals surface area contributed by atoms with Crippen LogP contribution in [0.3, 0.4) is 0 Å². The monoisotopic (exact) mass is 254 g/mol. The van der Waals surface area contributed by atoms with Gasteiger partial charge >= 0.3 is 0 Å². The van der Waals surface area contributed by atoms with Gasteiger partial charge in [-0.05, 0) is 31.7 Å². The Morgan fingerprint density at radius 2 is 2.00 bits per heavy atom. The average Bonchev–Trinajstić information content (AvgIpc) is 2.35. The second-order valence-electron chi connectivity index (χ2n) is 5.83. The van der Waals surface area contributed by atoms with Gasteiger partial charge in [-0.3, -0.25) is 4.79 Å². The van der Waals surface area contributed by atoms with E-state index in [1.165, 1.54) is 25.7 Å². The Kier molecular flexibility index (Phi) is 7.33. The van der Waals surface area contributed by atoms with Crippen molar-refractivity contribution in [2.75, 3.05) is 19.6 Å². The topological polar surface area (TPSA) is 32.3 Å². The minimum atomic E-state index is 0.357. The van der Waals surface area contributed by atoms with E-state index in [0.717, 1.165) is 32.0 Å². The Morgan fingerprint density at radius 3 is 2.56 bits per heavy atom. The summed E-state index contributed by atoms with van der Waals surface area (Å²) in [4.78, 5) is 14.1. The predicted octanol–water partition coefficient (Wildman–Crippen LogP) is 2.80. The van der Waals surface area contributed by atoms with Crippen LogP contribution in [0, 0.1) is 5.92 Å². The molecule has 0 aromatic heterocycles. The number of hydrogen-bond acceptors (Lipinski definition) is 2. The first-order chi connectivity index (χ1) is 8.63. The van der Waals surface area contributed by atoms with Gasteiger partial charge in [0.2, 0.25) is 5.91 Å². The molecule has 18 heavy (non-hydrogen) atoms. The summed E-state index contributed by atoms with van der Waals surface area (Å²) < 4.78 is 0. The molecule has 1 amide bonds. The normalized spacial score (nSPS) is 17.4. The highest BCUT2D eigenvalue weighted by atomic mass is 16.2. The van der Waals surface area contributed by atoms with Crippen molar-refractivity contribution in [3.8, 4) is 0 Å². The lowest BCUT2D eigenvalue weighted by molar-refractivity contribution is -0.132. The van der Waals surface area contributed by atoms with Crippen LogP contribution in [-0.4, -0.2) is 36.5 Å². The van der Waals surface area contributed by atoms with E-state index in [9.17, 15) is 4.79 Å². The number of carbonyl (C=O) groups excluding carboxylic acids is 1. The van der Waals surface area contributed by atoms with E-state index in [1.807, 2.05) is 0 Å². The molecule has 1 aliphatic rings. The first kappa shape index (κ1) is 15.5. The Hall–Kier alpha value is -0.570. The van der Waals surface area contributed by atoms with Crippen LogP contribution in [0.4, 0.5) is 0 Å². The Balaban J connectivity index is 2.12. The SMILES string of the molecule is CCCC1CCN(C(=O)CCCNC(C)C)CC1. The van der Waals surface area contributed by atoms with E-state index in [4.69, 9.17) is 0 Å². The minimum Gasteiger partial charge on any atom is -0.343 e. The van der Waals surface area contributed by atoms with Gasteiger partial charge < -0.3 is 10.2 Å². The van der Waals surface area contributed by atoms with Crippen LogP contribution < -0.4 is 5.32 Å². The molecular formula is C15H30N2O. The lowest BCUT2D eigenvalue weighted by atomic mass is 9.92. The van der Waals surface area contributed by atoms with Crippen molar-refractivity contribution in [2.24, 2.45) is 5.92 Å². The first-order valence-corrected chi connectivity index (χ1v) is 7.64. The highest BCUT2D eigenvalue weighted by molar-refractivity contribution is 5.76. The Morgan fingerprint density at radius 1 is 1.33 bits per heavy atom. The highest BCUT2D eigenvalue weighted by Crippen LogP contribution is 2.22. The smallest absolute Gasteiger partial charge is 0.222 e. The molecule has 1 N–H and O–H groups in total. The zero-order valence-corrected chi connectivity index (χ0v) is 12.4. The minimum absolute atomic E-state index is 0.357. The van der Waals surface area contributed by atoms with Gasteiger partial charge in [-0.2, -0.15) is 0 Å². The standard InChI is InChI=1S/C15H30N2O/c1-4-6-14-8-11-17(12-9-14)15(18)7-5-10-16-13(2)3/h13-14,16H,4-12H2,1-3H3. The lowest BCUT2D eigenvalue weighted by Crippen LogP contribution is -2.38. The van der Waals surface area contributed by atoms with Gasteiger partial charge in [0.1, 0.15) is 0 Å². The molecule has 1 fully saturated rings.